The van der Waals surface area contributed by atoms with Crippen LogP contribution in [0.3, 0.4) is 0 Å². The molecule has 0 fully saturated rings. The highest BCUT2D eigenvalue weighted by molar-refractivity contribution is 5.15. The summed E-state index contributed by atoms with van der Waals surface area (Å²) in [6, 6.07) is 3.68. The maximum absolute atomic E-state index is 5.43. The van der Waals surface area contributed by atoms with Crippen LogP contribution in [0.4, 0.5) is 0 Å². The van der Waals surface area contributed by atoms with Crippen LogP contribution in [0.15, 0.2) is 43.1 Å². The minimum Gasteiger partial charge on any atom is -0.486 e. The van der Waals surface area contributed by atoms with E-state index in [-0.39, 0.29) is 0 Å². The summed E-state index contributed by atoms with van der Waals surface area (Å²) in [5.74, 6) is 0.734. The molecule has 4 heteroatoms. The first-order valence-electron chi connectivity index (χ1n) is 4.23. The first kappa shape index (κ1) is 8.62. The Kier molecular flexibility index (Phi) is 2.66. The van der Waals surface area contributed by atoms with Crippen molar-refractivity contribution in [3.63, 3.8) is 0 Å². The zero-order chi connectivity index (χ0) is 9.64. The van der Waals surface area contributed by atoms with Gasteiger partial charge in [-0.05, 0) is 12.1 Å². The molecule has 0 aliphatic carbocycles. The molecular weight excluding hydrogens is 178 g/mol. The molecular formula is C10H9N3O. The average Bonchev–Trinajstić information content (AvgIpc) is 2.29. The Bertz CT molecular complexity index is 338. The van der Waals surface area contributed by atoms with Crippen molar-refractivity contribution in [2.75, 3.05) is 0 Å². The molecule has 0 N–H and O–H groups in total. The van der Waals surface area contributed by atoms with Gasteiger partial charge in [0.25, 0.3) is 0 Å². The molecule has 0 aromatic carbocycles. The molecule has 0 bridgehead atoms. The van der Waals surface area contributed by atoms with Gasteiger partial charge in [-0.3, -0.25) is 15.0 Å². The Morgan fingerprint density at radius 1 is 1.07 bits per heavy atom. The molecule has 2 aromatic heterocycles. The molecule has 0 aliphatic rings. The van der Waals surface area contributed by atoms with E-state index in [0.717, 1.165) is 11.4 Å². The summed E-state index contributed by atoms with van der Waals surface area (Å²) in [5, 5.41) is 0. The highest BCUT2D eigenvalue weighted by Crippen LogP contribution is 2.07. The molecule has 0 saturated heterocycles. The van der Waals surface area contributed by atoms with E-state index in [1.165, 1.54) is 0 Å². The van der Waals surface area contributed by atoms with E-state index >= 15 is 0 Å². The molecule has 0 aliphatic heterocycles. The number of rotatable bonds is 3. The lowest BCUT2D eigenvalue weighted by Gasteiger charge is -2.03. The number of pyridine rings is 1. The molecule has 2 heterocycles. The third kappa shape index (κ3) is 2.26. The highest BCUT2D eigenvalue weighted by Gasteiger charge is 1.95. The van der Waals surface area contributed by atoms with Gasteiger partial charge in [0.2, 0.25) is 0 Å². The third-order valence-electron chi connectivity index (χ3n) is 1.64. The maximum atomic E-state index is 5.43. The summed E-state index contributed by atoms with van der Waals surface area (Å²) in [6.07, 6.45) is 8.32. The predicted octanol–water partition coefficient (Wildman–Crippen LogP) is 1.45. The van der Waals surface area contributed by atoms with Gasteiger partial charge in [0.15, 0.2) is 0 Å². The van der Waals surface area contributed by atoms with Gasteiger partial charge in [0.1, 0.15) is 12.4 Å². The minimum atomic E-state index is 0.416. The Morgan fingerprint density at radius 3 is 2.71 bits per heavy atom. The average molecular weight is 187 g/mol. The lowest BCUT2D eigenvalue weighted by atomic mass is 10.4. The number of hydrogen-bond acceptors (Lipinski definition) is 4. The third-order valence-corrected chi connectivity index (χ3v) is 1.64. The molecule has 70 valence electrons. The van der Waals surface area contributed by atoms with Crippen molar-refractivity contribution in [3.8, 4) is 5.75 Å². The molecule has 14 heavy (non-hydrogen) atoms. The van der Waals surface area contributed by atoms with Crippen LogP contribution in [0.2, 0.25) is 0 Å². The van der Waals surface area contributed by atoms with E-state index in [9.17, 15) is 0 Å². The second-order valence-electron chi connectivity index (χ2n) is 2.67. The molecule has 2 rings (SSSR count). The van der Waals surface area contributed by atoms with Gasteiger partial charge in [0.05, 0.1) is 18.1 Å². The van der Waals surface area contributed by atoms with Gasteiger partial charge in [-0.2, -0.15) is 0 Å². The smallest absolute Gasteiger partial charge is 0.138 e. The van der Waals surface area contributed by atoms with Crippen molar-refractivity contribution in [2.24, 2.45) is 0 Å². The number of nitrogens with zero attached hydrogens (tertiary/aromatic N) is 3. The number of ether oxygens (including phenoxy) is 1. The molecule has 0 amide bonds. The lowest BCUT2D eigenvalue weighted by Crippen LogP contribution is -1.98. The molecule has 0 saturated carbocycles. The zero-order valence-corrected chi connectivity index (χ0v) is 7.50. The zero-order valence-electron chi connectivity index (χ0n) is 7.50. The van der Waals surface area contributed by atoms with E-state index in [1.54, 1.807) is 31.0 Å². The molecule has 0 atom stereocenters. The fourth-order valence-corrected chi connectivity index (χ4v) is 0.994. The van der Waals surface area contributed by atoms with Crippen LogP contribution in [0.5, 0.6) is 5.75 Å². The van der Waals surface area contributed by atoms with Gasteiger partial charge in [-0.15, -0.1) is 0 Å². The summed E-state index contributed by atoms with van der Waals surface area (Å²) in [6.45, 7) is 0.416. The van der Waals surface area contributed by atoms with E-state index in [1.807, 2.05) is 12.1 Å². The topological polar surface area (TPSA) is 47.9 Å². The van der Waals surface area contributed by atoms with Crippen LogP contribution >= 0.6 is 0 Å². The molecule has 0 radical (unpaired) electrons. The summed E-state index contributed by atoms with van der Waals surface area (Å²) in [5.41, 5.74) is 0.802. The second-order valence-corrected chi connectivity index (χ2v) is 2.67. The molecule has 2 aromatic rings. The lowest BCUT2D eigenvalue weighted by molar-refractivity contribution is 0.299. The molecule has 4 nitrogen and oxygen atoms in total. The first-order valence-corrected chi connectivity index (χ1v) is 4.23. The minimum absolute atomic E-state index is 0.416. The van der Waals surface area contributed by atoms with Gasteiger partial charge in [-0.25, -0.2) is 0 Å². The van der Waals surface area contributed by atoms with Crippen molar-refractivity contribution in [3.05, 3.63) is 48.8 Å². The summed E-state index contributed by atoms with van der Waals surface area (Å²) >= 11 is 0. The van der Waals surface area contributed by atoms with E-state index in [2.05, 4.69) is 15.0 Å². The molecule has 0 spiro atoms. The van der Waals surface area contributed by atoms with Crippen molar-refractivity contribution >= 4 is 0 Å². The Morgan fingerprint density at radius 2 is 2.00 bits per heavy atom. The van der Waals surface area contributed by atoms with Crippen LogP contribution in [0, 0.1) is 0 Å². The predicted molar refractivity (Wildman–Crippen MR) is 50.6 cm³/mol. The fraction of sp³-hybridized carbons (Fsp3) is 0.100. The van der Waals surface area contributed by atoms with Gasteiger partial charge in [-0.1, -0.05) is 0 Å². The number of hydrogen-bond donors (Lipinski definition) is 0. The van der Waals surface area contributed by atoms with Crippen molar-refractivity contribution in [1.29, 1.82) is 0 Å². The highest BCUT2D eigenvalue weighted by atomic mass is 16.5. The van der Waals surface area contributed by atoms with Crippen LogP contribution in [-0.2, 0) is 6.61 Å². The van der Waals surface area contributed by atoms with Crippen molar-refractivity contribution in [1.82, 2.24) is 15.0 Å². The summed E-state index contributed by atoms with van der Waals surface area (Å²) in [7, 11) is 0. The maximum Gasteiger partial charge on any atom is 0.138 e. The largest absolute Gasteiger partial charge is 0.486 e. The summed E-state index contributed by atoms with van der Waals surface area (Å²) < 4.78 is 5.43. The summed E-state index contributed by atoms with van der Waals surface area (Å²) in [4.78, 5) is 12.0. The Balaban J connectivity index is 1.96. The fourth-order valence-electron chi connectivity index (χ4n) is 0.994. The second kappa shape index (κ2) is 4.32. The van der Waals surface area contributed by atoms with Crippen LogP contribution in [0.25, 0.3) is 0 Å². The Labute approximate surface area is 81.6 Å². The van der Waals surface area contributed by atoms with E-state index < -0.39 is 0 Å². The van der Waals surface area contributed by atoms with Crippen molar-refractivity contribution in [2.45, 2.75) is 6.61 Å². The van der Waals surface area contributed by atoms with Crippen LogP contribution < -0.4 is 4.74 Å². The van der Waals surface area contributed by atoms with Crippen LogP contribution in [0.1, 0.15) is 5.69 Å². The van der Waals surface area contributed by atoms with E-state index in [0.29, 0.717) is 6.61 Å². The quantitative estimate of drug-likeness (QED) is 0.729. The Hall–Kier alpha value is -1.97. The van der Waals surface area contributed by atoms with Crippen molar-refractivity contribution < 1.29 is 4.74 Å². The van der Waals surface area contributed by atoms with Gasteiger partial charge >= 0.3 is 0 Å². The monoisotopic (exact) mass is 187 g/mol. The van der Waals surface area contributed by atoms with Gasteiger partial charge < -0.3 is 4.74 Å². The van der Waals surface area contributed by atoms with Gasteiger partial charge in [0, 0.05) is 18.6 Å². The van der Waals surface area contributed by atoms with E-state index in [4.69, 9.17) is 4.74 Å². The standard InChI is InChI=1S/C10H9N3O/c1-2-10(7-11-3-1)14-8-9-6-12-4-5-13-9/h1-7H,8H2. The van der Waals surface area contributed by atoms with Crippen LogP contribution in [-0.4, -0.2) is 15.0 Å². The first-order chi connectivity index (χ1) is 6.95. The normalized spacial score (nSPS) is 9.71. The number of aromatic nitrogens is 3. The SMILES string of the molecule is c1cncc(OCc2cnccn2)c1. The molecule has 0 unspecified atom stereocenters.